The smallest absolute Gasteiger partial charge is 0.406 e. The molecule has 1 heterocycles. The quantitative estimate of drug-likeness (QED) is 0.498. The van der Waals surface area contributed by atoms with Crippen molar-refractivity contribution in [3.63, 3.8) is 0 Å². The molecular formula is C19H18BClFeO3-2. The van der Waals surface area contributed by atoms with Crippen molar-refractivity contribution < 1.29 is 31.1 Å². The molecule has 0 aromatic heterocycles. The van der Waals surface area contributed by atoms with Crippen molar-refractivity contribution in [3.8, 4) is 5.75 Å². The Morgan fingerprint density at radius 2 is 1.84 bits per heavy atom. The van der Waals surface area contributed by atoms with E-state index in [9.17, 15) is 0 Å². The van der Waals surface area contributed by atoms with Crippen LogP contribution in [0, 0.1) is 0 Å². The molecule has 1 saturated heterocycles. The standard InChI is InChI=1S/C14H13BClO3.C5H5.Fe/c16-12-5-7-13(8-6-12)17-9-14-10-18-15(19-14)11-3-1-2-4-11;1-2-4-5-3-1;/h1-8,14H,9-10H2;1-5H;/q2*-1;/t14-;;/m0../s1. The van der Waals surface area contributed by atoms with E-state index >= 15 is 0 Å². The molecule has 0 saturated carbocycles. The molecule has 3 aromatic rings. The minimum Gasteiger partial charge on any atom is -0.491 e. The van der Waals surface area contributed by atoms with Gasteiger partial charge in [-0.2, -0.15) is 41.9 Å². The third kappa shape index (κ3) is 6.39. The summed E-state index contributed by atoms with van der Waals surface area (Å²) in [7, 11) is -0.270. The van der Waals surface area contributed by atoms with Crippen molar-refractivity contribution in [1.82, 2.24) is 0 Å². The summed E-state index contributed by atoms with van der Waals surface area (Å²) in [5.41, 5.74) is 1.05. The van der Waals surface area contributed by atoms with Crippen molar-refractivity contribution in [2.75, 3.05) is 13.2 Å². The predicted molar refractivity (Wildman–Crippen MR) is 97.2 cm³/mol. The first-order chi connectivity index (χ1) is 11.8. The fourth-order valence-electron chi connectivity index (χ4n) is 2.30. The Morgan fingerprint density at radius 3 is 2.44 bits per heavy atom. The van der Waals surface area contributed by atoms with Crippen LogP contribution in [0.5, 0.6) is 5.75 Å². The zero-order valence-electron chi connectivity index (χ0n) is 13.5. The first-order valence-corrected chi connectivity index (χ1v) is 8.23. The van der Waals surface area contributed by atoms with E-state index in [1.165, 1.54) is 0 Å². The van der Waals surface area contributed by atoms with E-state index in [1.807, 2.05) is 66.7 Å². The first kappa shape index (κ1) is 19.8. The Kier molecular flexibility index (Phi) is 8.32. The monoisotopic (exact) mass is 396 g/mol. The van der Waals surface area contributed by atoms with Crippen LogP contribution in [0.1, 0.15) is 0 Å². The molecule has 1 fully saturated rings. The van der Waals surface area contributed by atoms with Gasteiger partial charge in [-0.05, 0) is 24.3 Å². The maximum Gasteiger partial charge on any atom is 0.406 e. The van der Waals surface area contributed by atoms with E-state index in [0.717, 1.165) is 11.2 Å². The second-order valence-corrected chi connectivity index (χ2v) is 5.81. The minimum atomic E-state index is -0.270. The molecule has 25 heavy (non-hydrogen) atoms. The summed E-state index contributed by atoms with van der Waals surface area (Å²) in [6.07, 6.45) is -0.0458. The zero-order valence-corrected chi connectivity index (χ0v) is 15.4. The van der Waals surface area contributed by atoms with Crippen LogP contribution in [0.15, 0.2) is 78.9 Å². The maximum atomic E-state index is 5.81. The van der Waals surface area contributed by atoms with Gasteiger partial charge in [-0.1, -0.05) is 11.6 Å². The molecule has 0 bridgehead atoms. The van der Waals surface area contributed by atoms with Gasteiger partial charge in [0.1, 0.15) is 12.4 Å². The van der Waals surface area contributed by atoms with Gasteiger partial charge in [0.05, 0.1) is 12.7 Å². The SMILES string of the molecule is Clc1ccc(OC[C@H]2COB(c3cc[cH-]c3)O2)cc1.[Fe].c1cc[cH-]c1. The third-order valence-corrected chi connectivity index (χ3v) is 3.77. The Hall–Kier alpha value is -1.49. The molecule has 1 atom stereocenters. The van der Waals surface area contributed by atoms with E-state index in [-0.39, 0.29) is 30.3 Å². The van der Waals surface area contributed by atoms with Crippen LogP contribution in [-0.2, 0) is 26.4 Å². The predicted octanol–water partition coefficient (Wildman–Crippen LogP) is 3.65. The first-order valence-electron chi connectivity index (χ1n) is 7.85. The van der Waals surface area contributed by atoms with Gasteiger partial charge in [0.15, 0.2) is 0 Å². The van der Waals surface area contributed by atoms with E-state index in [1.54, 1.807) is 12.1 Å². The number of rotatable bonds is 4. The van der Waals surface area contributed by atoms with Crippen LogP contribution in [0.3, 0.4) is 0 Å². The molecule has 132 valence electrons. The average Bonchev–Trinajstić information content (AvgIpc) is 3.37. The van der Waals surface area contributed by atoms with Crippen molar-refractivity contribution >= 4 is 24.2 Å². The average molecular weight is 396 g/mol. The molecule has 0 aliphatic carbocycles. The van der Waals surface area contributed by atoms with Gasteiger partial charge in [0.2, 0.25) is 0 Å². The molecule has 0 radical (unpaired) electrons. The summed E-state index contributed by atoms with van der Waals surface area (Å²) < 4.78 is 17.0. The molecule has 3 aromatic carbocycles. The Labute approximate surface area is 164 Å². The molecule has 0 unspecified atom stereocenters. The van der Waals surface area contributed by atoms with Crippen molar-refractivity contribution in [2.24, 2.45) is 0 Å². The van der Waals surface area contributed by atoms with Crippen LogP contribution in [0.4, 0.5) is 0 Å². The van der Waals surface area contributed by atoms with Crippen LogP contribution in [0.25, 0.3) is 0 Å². The largest absolute Gasteiger partial charge is 0.491 e. The summed E-state index contributed by atoms with van der Waals surface area (Å²) in [4.78, 5) is 0. The number of ether oxygens (including phenoxy) is 1. The molecule has 0 amide bonds. The molecular weight excluding hydrogens is 378 g/mol. The summed E-state index contributed by atoms with van der Waals surface area (Å²) >= 11 is 5.81. The van der Waals surface area contributed by atoms with E-state index in [2.05, 4.69) is 0 Å². The molecule has 3 nitrogen and oxygen atoms in total. The number of benzene rings is 1. The number of halogens is 1. The van der Waals surface area contributed by atoms with Crippen LogP contribution in [0.2, 0.25) is 5.02 Å². The minimum absolute atomic E-state index is 0. The normalized spacial score (nSPS) is 15.9. The molecule has 0 spiro atoms. The van der Waals surface area contributed by atoms with Gasteiger partial charge in [-0.15, -0.1) is 0 Å². The molecule has 1 aliphatic rings. The number of hydrogen-bond donors (Lipinski definition) is 0. The molecule has 0 N–H and O–H groups in total. The topological polar surface area (TPSA) is 27.7 Å². The second-order valence-electron chi connectivity index (χ2n) is 5.37. The second kappa shape index (κ2) is 10.5. The van der Waals surface area contributed by atoms with Gasteiger partial charge in [0, 0.05) is 22.1 Å². The number of hydrogen-bond acceptors (Lipinski definition) is 3. The molecule has 4 rings (SSSR count). The van der Waals surface area contributed by atoms with E-state index in [0.29, 0.717) is 18.2 Å². The zero-order chi connectivity index (χ0) is 16.6. The summed E-state index contributed by atoms with van der Waals surface area (Å²) in [6.45, 7) is 1.02. The Bertz CT molecular complexity index is 669. The Morgan fingerprint density at radius 1 is 1.08 bits per heavy atom. The maximum absolute atomic E-state index is 5.81. The van der Waals surface area contributed by atoms with Gasteiger partial charge < -0.3 is 14.0 Å². The van der Waals surface area contributed by atoms with Crippen molar-refractivity contribution in [3.05, 3.63) is 83.9 Å². The van der Waals surface area contributed by atoms with Gasteiger partial charge in [-0.25, -0.2) is 18.2 Å². The van der Waals surface area contributed by atoms with Crippen molar-refractivity contribution in [2.45, 2.75) is 6.10 Å². The van der Waals surface area contributed by atoms with Gasteiger partial charge in [0.25, 0.3) is 0 Å². The third-order valence-electron chi connectivity index (χ3n) is 3.52. The van der Waals surface area contributed by atoms with Gasteiger partial charge >= 0.3 is 7.12 Å². The fraction of sp³-hybridized carbons (Fsp3) is 0.158. The summed E-state index contributed by atoms with van der Waals surface area (Å²) in [6, 6.07) is 25.2. The van der Waals surface area contributed by atoms with Crippen LogP contribution in [-0.4, -0.2) is 26.4 Å². The molecule has 6 heteroatoms. The molecule has 1 aliphatic heterocycles. The van der Waals surface area contributed by atoms with E-state index in [4.69, 9.17) is 25.6 Å². The summed E-state index contributed by atoms with van der Waals surface area (Å²) in [5, 5.41) is 0.698. The van der Waals surface area contributed by atoms with Crippen molar-refractivity contribution in [1.29, 1.82) is 0 Å². The fourth-order valence-corrected chi connectivity index (χ4v) is 2.42. The van der Waals surface area contributed by atoms with E-state index < -0.39 is 0 Å². The summed E-state index contributed by atoms with van der Waals surface area (Å²) in [5.74, 6) is 0.782. The van der Waals surface area contributed by atoms with Gasteiger partial charge in [-0.3, -0.25) is 0 Å². The van der Waals surface area contributed by atoms with Crippen LogP contribution < -0.4 is 10.2 Å². The van der Waals surface area contributed by atoms with Crippen LogP contribution >= 0.6 is 11.6 Å². The Balaban J connectivity index is 0.000000325.